The molecule has 1 aliphatic carbocycles. The zero-order chi connectivity index (χ0) is 9.41. The Bertz CT molecular complexity index is 205. The maximum Gasteiger partial charge on any atom is 0.469 e. The molecule has 0 atom stereocenters. The second-order valence-corrected chi connectivity index (χ2v) is 4.16. The first-order valence-electron chi connectivity index (χ1n) is 3.36. The van der Waals surface area contributed by atoms with Crippen LogP contribution in [-0.2, 0) is 9.09 Å². The Balaban J connectivity index is 2.17. The van der Waals surface area contributed by atoms with E-state index in [9.17, 15) is 13.3 Å². The van der Waals surface area contributed by atoms with E-state index in [1.165, 1.54) is 0 Å². The van der Waals surface area contributed by atoms with Gasteiger partial charge in [-0.25, -0.2) is 13.3 Å². The molecule has 0 aromatic heterocycles. The van der Waals surface area contributed by atoms with Crippen LogP contribution in [0, 0.1) is 5.92 Å². The molecule has 7 heteroatoms. The molecule has 0 bridgehead atoms. The monoisotopic (exact) mass is 202 g/mol. The van der Waals surface area contributed by atoms with Crippen LogP contribution in [0.15, 0.2) is 0 Å². The second kappa shape index (κ2) is 3.03. The van der Waals surface area contributed by atoms with Gasteiger partial charge in [0, 0.05) is 12.8 Å². The molecule has 2 N–H and O–H groups in total. The van der Waals surface area contributed by atoms with Crippen molar-refractivity contribution in [2.45, 2.75) is 18.8 Å². The molecule has 0 unspecified atom stereocenters. The highest BCUT2D eigenvalue weighted by Gasteiger charge is 2.45. The van der Waals surface area contributed by atoms with Gasteiger partial charge >= 0.3 is 7.82 Å². The quantitative estimate of drug-likeness (QED) is 0.673. The summed E-state index contributed by atoms with van der Waals surface area (Å²) < 4.78 is 38.5. The molecular formula is C5H9F2O4P. The van der Waals surface area contributed by atoms with Gasteiger partial charge in [0.15, 0.2) is 0 Å². The normalized spacial score (nSPS) is 23.7. The molecule has 0 aromatic rings. The van der Waals surface area contributed by atoms with E-state index in [1.54, 1.807) is 0 Å². The third-order valence-corrected chi connectivity index (χ3v) is 2.14. The van der Waals surface area contributed by atoms with Crippen LogP contribution in [0.5, 0.6) is 0 Å². The first-order valence-corrected chi connectivity index (χ1v) is 4.89. The van der Waals surface area contributed by atoms with Crippen LogP contribution in [0.1, 0.15) is 12.8 Å². The van der Waals surface area contributed by atoms with Gasteiger partial charge < -0.3 is 9.79 Å². The Kier molecular flexibility index (Phi) is 2.54. The molecule has 0 amide bonds. The summed E-state index contributed by atoms with van der Waals surface area (Å²) in [5.41, 5.74) is 0. The molecular weight excluding hydrogens is 193 g/mol. The summed E-state index contributed by atoms with van der Waals surface area (Å²) in [6, 6.07) is 0. The predicted molar refractivity (Wildman–Crippen MR) is 35.7 cm³/mol. The molecule has 0 aromatic carbocycles. The third-order valence-electron chi connectivity index (χ3n) is 1.65. The molecule has 4 nitrogen and oxygen atoms in total. The van der Waals surface area contributed by atoms with Crippen molar-refractivity contribution in [3.05, 3.63) is 0 Å². The number of phosphoric acid groups is 1. The maximum atomic E-state index is 12.2. The largest absolute Gasteiger partial charge is 0.469 e. The molecule has 0 radical (unpaired) electrons. The van der Waals surface area contributed by atoms with E-state index >= 15 is 0 Å². The maximum absolute atomic E-state index is 12.2. The molecule has 0 heterocycles. The van der Waals surface area contributed by atoms with Crippen LogP contribution in [-0.4, -0.2) is 22.3 Å². The smallest absolute Gasteiger partial charge is 0.303 e. The van der Waals surface area contributed by atoms with Gasteiger partial charge in [0.2, 0.25) is 5.92 Å². The lowest BCUT2D eigenvalue weighted by molar-refractivity contribution is -0.120. The van der Waals surface area contributed by atoms with Crippen LogP contribution in [0.4, 0.5) is 8.78 Å². The highest BCUT2D eigenvalue weighted by atomic mass is 31.2. The molecule has 1 aliphatic rings. The van der Waals surface area contributed by atoms with E-state index in [4.69, 9.17) is 9.79 Å². The van der Waals surface area contributed by atoms with Gasteiger partial charge in [0.1, 0.15) is 0 Å². The standard InChI is InChI=1S/C5H9F2O4P/c6-5(7)1-4(2-5)3-11-12(8,9)10/h4H,1-3H2,(H2,8,9,10). The average molecular weight is 202 g/mol. The van der Waals surface area contributed by atoms with Crippen molar-refractivity contribution in [2.24, 2.45) is 5.92 Å². The first-order chi connectivity index (χ1) is 5.29. The first kappa shape index (κ1) is 10.1. The summed E-state index contributed by atoms with van der Waals surface area (Å²) in [4.78, 5) is 16.4. The van der Waals surface area contributed by atoms with Gasteiger partial charge in [-0.2, -0.15) is 0 Å². The number of phosphoric ester groups is 1. The fourth-order valence-corrected chi connectivity index (χ4v) is 1.51. The van der Waals surface area contributed by atoms with Gasteiger partial charge in [0.05, 0.1) is 6.61 Å². The van der Waals surface area contributed by atoms with Crippen LogP contribution in [0.25, 0.3) is 0 Å². The van der Waals surface area contributed by atoms with Crippen molar-refractivity contribution in [1.29, 1.82) is 0 Å². The van der Waals surface area contributed by atoms with Crippen molar-refractivity contribution < 1.29 is 27.7 Å². The van der Waals surface area contributed by atoms with Gasteiger partial charge in [-0.1, -0.05) is 0 Å². The van der Waals surface area contributed by atoms with Crippen LogP contribution >= 0.6 is 7.82 Å². The number of hydrogen-bond donors (Lipinski definition) is 2. The summed E-state index contributed by atoms with van der Waals surface area (Å²) in [5.74, 6) is -3.09. The van der Waals surface area contributed by atoms with E-state index in [0.29, 0.717) is 0 Å². The molecule has 1 fully saturated rings. The zero-order valence-corrected chi connectivity index (χ0v) is 7.01. The average Bonchev–Trinajstić information content (AvgIpc) is 1.76. The van der Waals surface area contributed by atoms with Gasteiger partial charge in [-0.05, 0) is 5.92 Å². The molecule has 12 heavy (non-hydrogen) atoms. The van der Waals surface area contributed by atoms with Crippen molar-refractivity contribution in [1.82, 2.24) is 0 Å². The minimum Gasteiger partial charge on any atom is -0.303 e. The fraction of sp³-hybridized carbons (Fsp3) is 1.00. The SMILES string of the molecule is O=P(O)(O)OCC1CC(F)(F)C1. The van der Waals surface area contributed by atoms with E-state index in [1.807, 2.05) is 0 Å². The van der Waals surface area contributed by atoms with E-state index in [2.05, 4.69) is 4.52 Å². The molecule has 0 aliphatic heterocycles. The van der Waals surface area contributed by atoms with Gasteiger partial charge in [0.25, 0.3) is 0 Å². The van der Waals surface area contributed by atoms with Crippen molar-refractivity contribution >= 4 is 7.82 Å². The highest BCUT2D eigenvalue weighted by Crippen LogP contribution is 2.45. The summed E-state index contributed by atoms with van der Waals surface area (Å²) in [6.07, 6.45) is -0.681. The van der Waals surface area contributed by atoms with E-state index < -0.39 is 19.7 Å². The highest BCUT2D eigenvalue weighted by molar-refractivity contribution is 7.46. The van der Waals surface area contributed by atoms with Gasteiger partial charge in [-0.3, -0.25) is 4.52 Å². The van der Waals surface area contributed by atoms with E-state index in [0.717, 1.165) is 0 Å². The van der Waals surface area contributed by atoms with Crippen LogP contribution in [0.2, 0.25) is 0 Å². The summed E-state index contributed by atoms with van der Waals surface area (Å²) >= 11 is 0. The summed E-state index contributed by atoms with van der Waals surface area (Å²) in [6.45, 7) is -0.292. The molecule has 0 saturated heterocycles. The summed E-state index contributed by atoms with van der Waals surface area (Å²) in [5, 5.41) is 0. The minimum absolute atomic E-state index is 0.292. The number of rotatable bonds is 3. The Morgan fingerprint density at radius 2 is 2.00 bits per heavy atom. The molecule has 0 spiro atoms. The Hall–Kier alpha value is -0.0300. The lowest BCUT2D eigenvalue weighted by Crippen LogP contribution is -2.37. The zero-order valence-electron chi connectivity index (χ0n) is 6.11. The predicted octanol–water partition coefficient (Wildman–Crippen LogP) is 1.14. The molecule has 72 valence electrons. The molecule has 1 saturated carbocycles. The number of hydrogen-bond acceptors (Lipinski definition) is 2. The lowest BCUT2D eigenvalue weighted by Gasteiger charge is -2.34. The van der Waals surface area contributed by atoms with Crippen LogP contribution in [0.3, 0.4) is 0 Å². The molecule has 1 rings (SSSR count). The van der Waals surface area contributed by atoms with E-state index in [-0.39, 0.29) is 19.4 Å². The second-order valence-electron chi connectivity index (χ2n) is 2.92. The number of halogens is 2. The van der Waals surface area contributed by atoms with Crippen molar-refractivity contribution in [3.63, 3.8) is 0 Å². The van der Waals surface area contributed by atoms with Crippen LogP contribution < -0.4 is 0 Å². The Labute approximate surface area is 67.8 Å². The minimum atomic E-state index is -4.49. The van der Waals surface area contributed by atoms with Crippen molar-refractivity contribution in [3.8, 4) is 0 Å². The Morgan fingerprint density at radius 1 is 1.50 bits per heavy atom. The number of alkyl halides is 2. The lowest BCUT2D eigenvalue weighted by atomic mass is 9.82. The van der Waals surface area contributed by atoms with Crippen molar-refractivity contribution in [2.75, 3.05) is 6.61 Å². The topological polar surface area (TPSA) is 66.8 Å². The third kappa shape index (κ3) is 3.15. The Morgan fingerprint density at radius 3 is 2.33 bits per heavy atom. The summed E-state index contributed by atoms with van der Waals surface area (Å²) in [7, 11) is -4.49. The van der Waals surface area contributed by atoms with Gasteiger partial charge in [-0.15, -0.1) is 0 Å². The fourth-order valence-electron chi connectivity index (χ4n) is 1.11.